The third-order valence-electron chi connectivity index (χ3n) is 8.85. The van der Waals surface area contributed by atoms with Crippen LogP contribution in [0.5, 0.6) is 0 Å². The van der Waals surface area contributed by atoms with Gasteiger partial charge in [0.25, 0.3) is 0 Å². The Kier molecular flexibility index (Phi) is 5.03. The minimum Gasteiger partial charge on any atom is -0.460 e. The highest BCUT2D eigenvalue weighted by Crippen LogP contribution is 2.74. The Morgan fingerprint density at radius 2 is 1.89 bits per heavy atom. The molecule has 1 aromatic heterocycles. The molecule has 6 nitrogen and oxygen atoms in total. The number of carbonyl (C=O) groups is 2. The predicted molar refractivity (Wildman–Crippen MR) is 124 cm³/mol. The molecule has 5 atom stereocenters. The number of hydrogen-bond acceptors (Lipinski definition) is 5. The van der Waals surface area contributed by atoms with Gasteiger partial charge in [0.15, 0.2) is 0 Å². The van der Waals surface area contributed by atoms with Crippen LogP contribution in [0.2, 0.25) is 0 Å². The van der Waals surface area contributed by atoms with Gasteiger partial charge in [0, 0.05) is 36.8 Å². The number of pyridine rings is 1. The van der Waals surface area contributed by atoms with Crippen molar-refractivity contribution >= 4 is 11.9 Å². The Morgan fingerprint density at radius 1 is 1.17 bits per heavy atom. The summed E-state index contributed by atoms with van der Waals surface area (Å²) in [5, 5.41) is 0. The summed E-state index contributed by atoms with van der Waals surface area (Å²) in [6, 6.07) is 1.24. The lowest BCUT2D eigenvalue weighted by molar-refractivity contribution is -0.160. The van der Waals surface area contributed by atoms with Crippen molar-refractivity contribution < 1.29 is 27.5 Å². The minimum absolute atomic E-state index is 0.0326. The fourth-order valence-electron chi connectivity index (χ4n) is 7.40. The first kappa shape index (κ1) is 23.9. The summed E-state index contributed by atoms with van der Waals surface area (Å²) in [6.45, 7) is 7.46. The first-order chi connectivity index (χ1) is 16.9. The van der Waals surface area contributed by atoms with E-state index in [-0.39, 0.29) is 36.8 Å². The van der Waals surface area contributed by atoms with Gasteiger partial charge in [-0.2, -0.15) is 13.2 Å². The predicted octanol–water partition coefficient (Wildman–Crippen LogP) is 4.13. The summed E-state index contributed by atoms with van der Waals surface area (Å²) in [5.74, 6) is -1.20. The van der Waals surface area contributed by atoms with Crippen LogP contribution in [0.15, 0.2) is 24.4 Å². The van der Waals surface area contributed by atoms with Crippen LogP contribution < -0.4 is 0 Å². The molecule has 2 saturated heterocycles. The van der Waals surface area contributed by atoms with Gasteiger partial charge >= 0.3 is 12.1 Å². The molecule has 1 aromatic rings. The number of alkyl halides is 3. The van der Waals surface area contributed by atoms with Crippen LogP contribution in [0.25, 0.3) is 0 Å². The van der Waals surface area contributed by atoms with Gasteiger partial charge in [0.2, 0.25) is 5.91 Å². The maximum Gasteiger partial charge on any atom is 0.417 e. The molecule has 9 heteroatoms. The number of likely N-dealkylation sites (tertiary alicyclic amines) is 1. The molecule has 1 saturated carbocycles. The molecule has 2 spiro atoms. The molecule has 5 aliphatic rings. The van der Waals surface area contributed by atoms with Crippen LogP contribution in [-0.4, -0.2) is 56.9 Å². The van der Waals surface area contributed by atoms with Gasteiger partial charge in [-0.05, 0) is 64.8 Å². The number of carbonyl (C=O) groups excluding carboxylic acids is 2. The fraction of sp³-hybridized carbons (Fsp3) is 0.667. The second-order valence-corrected chi connectivity index (χ2v) is 12.1. The zero-order valence-electron chi connectivity index (χ0n) is 20.9. The standard InChI is InChI=1S/C27H32F3N3O3/c1-24(2,3)36-22(34)20-21-25(8-7-18(12-25)32-9-5-4-6-10-32)23(35)33-15-16-11-17(27(28,29)30)14-31-19(16)13-26(20,21)33/h7-8,11,14,18,20-21H,4-6,9-10,12-13,15H2,1-3H3/t18-,20?,21?,25+,26?/m1/s1. The Hall–Kier alpha value is -2.42. The minimum atomic E-state index is -4.51. The second kappa shape index (κ2) is 7.55. The van der Waals surface area contributed by atoms with E-state index in [9.17, 15) is 22.8 Å². The van der Waals surface area contributed by atoms with E-state index in [1.165, 1.54) is 6.42 Å². The van der Waals surface area contributed by atoms with Crippen molar-refractivity contribution in [3.63, 3.8) is 0 Å². The fourth-order valence-corrected chi connectivity index (χ4v) is 7.40. The Balaban J connectivity index is 1.37. The van der Waals surface area contributed by atoms with E-state index in [4.69, 9.17) is 4.74 Å². The molecule has 0 aromatic carbocycles. The van der Waals surface area contributed by atoms with Gasteiger partial charge in [-0.1, -0.05) is 18.6 Å². The number of halogens is 3. The zero-order chi connectivity index (χ0) is 25.7. The Bertz CT molecular complexity index is 1150. The monoisotopic (exact) mass is 503 g/mol. The number of aromatic nitrogens is 1. The molecule has 6 rings (SSSR count). The average Bonchev–Trinajstić information content (AvgIpc) is 3.16. The smallest absolute Gasteiger partial charge is 0.417 e. The molecular weight excluding hydrogens is 471 g/mol. The maximum absolute atomic E-state index is 14.0. The van der Waals surface area contributed by atoms with E-state index in [0.29, 0.717) is 17.7 Å². The number of amides is 1. The number of fused-ring (bicyclic) bond motifs is 2. The highest BCUT2D eigenvalue weighted by atomic mass is 19.4. The van der Waals surface area contributed by atoms with Crippen LogP contribution in [0.1, 0.15) is 63.3 Å². The summed E-state index contributed by atoms with van der Waals surface area (Å²) in [5.41, 5.74) is -2.18. The van der Waals surface area contributed by atoms with Crippen LogP contribution in [0, 0.1) is 17.3 Å². The van der Waals surface area contributed by atoms with Gasteiger partial charge in [-0.15, -0.1) is 0 Å². The number of nitrogens with zero attached hydrogens (tertiary/aromatic N) is 3. The Labute approximate surface area is 208 Å². The van der Waals surface area contributed by atoms with Crippen LogP contribution >= 0.6 is 0 Å². The van der Waals surface area contributed by atoms with E-state index < -0.39 is 34.2 Å². The molecule has 194 valence electrons. The molecule has 0 bridgehead atoms. The van der Waals surface area contributed by atoms with Crippen molar-refractivity contribution in [2.75, 3.05) is 13.1 Å². The van der Waals surface area contributed by atoms with E-state index in [1.54, 1.807) is 4.90 Å². The Morgan fingerprint density at radius 3 is 2.56 bits per heavy atom. The van der Waals surface area contributed by atoms with Gasteiger partial charge in [0.1, 0.15) is 5.60 Å². The topological polar surface area (TPSA) is 62.7 Å². The highest BCUT2D eigenvalue weighted by molar-refractivity contribution is 5.97. The van der Waals surface area contributed by atoms with Crippen LogP contribution in [0.3, 0.4) is 0 Å². The van der Waals surface area contributed by atoms with Crippen molar-refractivity contribution in [1.29, 1.82) is 0 Å². The summed E-state index contributed by atoms with van der Waals surface area (Å²) < 4.78 is 45.9. The first-order valence-electron chi connectivity index (χ1n) is 12.9. The SMILES string of the molecule is CC(C)(C)OC(=O)C1C2C13Cc1ncc(C(F)(F)F)cc1CN3C(=O)[C@]21C=C[C@@H](N2CCCCC2)C1. The lowest BCUT2D eigenvalue weighted by atomic mass is 9.80. The molecule has 0 N–H and O–H groups in total. The van der Waals surface area contributed by atoms with Gasteiger partial charge < -0.3 is 9.64 Å². The van der Waals surface area contributed by atoms with E-state index >= 15 is 0 Å². The van der Waals surface area contributed by atoms with Crippen molar-refractivity contribution in [2.24, 2.45) is 17.3 Å². The molecule has 36 heavy (non-hydrogen) atoms. The summed E-state index contributed by atoms with van der Waals surface area (Å²) in [7, 11) is 0. The summed E-state index contributed by atoms with van der Waals surface area (Å²) in [6.07, 6.45) is 4.82. The number of hydrogen-bond donors (Lipinski definition) is 0. The first-order valence-corrected chi connectivity index (χ1v) is 12.9. The van der Waals surface area contributed by atoms with Gasteiger partial charge in [0.05, 0.1) is 22.4 Å². The van der Waals surface area contributed by atoms with Crippen LogP contribution in [-0.2, 0) is 33.5 Å². The molecule has 3 fully saturated rings. The third kappa shape index (κ3) is 3.37. The second-order valence-electron chi connectivity index (χ2n) is 12.1. The van der Waals surface area contributed by atoms with E-state index in [2.05, 4.69) is 16.0 Å². The van der Waals surface area contributed by atoms with E-state index in [0.717, 1.165) is 38.2 Å². The normalized spacial score (nSPS) is 35.6. The molecule has 3 aliphatic heterocycles. The third-order valence-corrected chi connectivity index (χ3v) is 8.85. The van der Waals surface area contributed by atoms with E-state index in [1.807, 2.05) is 26.8 Å². The number of ether oxygens (including phenoxy) is 1. The average molecular weight is 504 g/mol. The maximum atomic E-state index is 14.0. The number of piperidine rings is 2. The molecule has 4 heterocycles. The molecule has 1 amide bonds. The zero-order valence-corrected chi connectivity index (χ0v) is 20.9. The molecular formula is C27H32F3N3O3. The molecule has 0 radical (unpaired) electrons. The summed E-state index contributed by atoms with van der Waals surface area (Å²) in [4.78, 5) is 35.8. The summed E-state index contributed by atoms with van der Waals surface area (Å²) >= 11 is 0. The van der Waals surface area contributed by atoms with Crippen molar-refractivity contribution in [2.45, 2.75) is 82.8 Å². The lowest BCUT2D eigenvalue weighted by Gasteiger charge is -2.38. The van der Waals surface area contributed by atoms with Gasteiger partial charge in [-0.3, -0.25) is 19.5 Å². The molecule has 2 aliphatic carbocycles. The highest BCUT2D eigenvalue weighted by Gasteiger charge is 2.85. The van der Waals surface area contributed by atoms with Crippen LogP contribution in [0.4, 0.5) is 13.2 Å². The lowest BCUT2D eigenvalue weighted by Crippen LogP contribution is -2.49. The van der Waals surface area contributed by atoms with Crippen molar-refractivity contribution in [3.05, 3.63) is 41.2 Å². The van der Waals surface area contributed by atoms with Gasteiger partial charge in [-0.25, -0.2) is 0 Å². The molecule has 3 unspecified atom stereocenters. The number of esters is 1. The van der Waals surface area contributed by atoms with Crippen molar-refractivity contribution in [1.82, 2.24) is 14.8 Å². The van der Waals surface area contributed by atoms with Crippen molar-refractivity contribution in [3.8, 4) is 0 Å². The largest absolute Gasteiger partial charge is 0.460 e. The number of rotatable bonds is 2. The quantitative estimate of drug-likeness (QED) is 0.449.